The SMILES string of the molecule is C.CCc1ccc(CC)cc1.Oc1ccc2ccc(O)cc2c1.Oc1ccc2ccc(O)cc2c1. The molecule has 182 valence electrons. The zero-order chi connectivity index (χ0) is 24.5. The van der Waals surface area contributed by atoms with E-state index in [4.69, 9.17) is 20.4 Å². The number of phenolic OH excluding ortho intramolecular Hbond substituents is 4. The molecule has 5 rings (SSSR count). The van der Waals surface area contributed by atoms with Gasteiger partial charge in [-0.3, -0.25) is 0 Å². The molecule has 0 bridgehead atoms. The van der Waals surface area contributed by atoms with E-state index >= 15 is 0 Å². The maximum atomic E-state index is 9.14. The lowest BCUT2D eigenvalue weighted by Gasteiger charge is -1.98. The number of hydrogen-bond acceptors (Lipinski definition) is 4. The summed E-state index contributed by atoms with van der Waals surface area (Å²) in [6.45, 7) is 4.36. The summed E-state index contributed by atoms with van der Waals surface area (Å²) in [7, 11) is 0. The van der Waals surface area contributed by atoms with Gasteiger partial charge in [-0.1, -0.05) is 69.8 Å². The quantitative estimate of drug-likeness (QED) is 0.211. The molecule has 35 heavy (non-hydrogen) atoms. The van der Waals surface area contributed by atoms with Gasteiger partial charge in [0, 0.05) is 0 Å². The van der Waals surface area contributed by atoms with Crippen LogP contribution in [-0.2, 0) is 12.8 Å². The first kappa shape index (κ1) is 27.1. The molecular formula is C31H34O4. The highest BCUT2D eigenvalue weighted by atomic mass is 16.3. The Morgan fingerprint density at radius 1 is 0.400 bits per heavy atom. The molecule has 0 saturated carbocycles. The molecule has 0 unspecified atom stereocenters. The van der Waals surface area contributed by atoms with Crippen molar-refractivity contribution >= 4 is 21.5 Å². The van der Waals surface area contributed by atoms with Gasteiger partial charge < -0.3 is 20.4 Å². The summed E-state index contributed by atoms with van der Waals surface area (Å²) >= 11 is 0. The van der Waals surface area contributed by atoms with Crippen molar-refractivity contribution in [2.24, 2.45) is 0 Å². The van der Waals surface area contributed by atoms with E-state index in [0.717, 1.165) is 34.4 Å². The van der Waals surface area contributed by atoms with Crippen LogP contribution in [0.5, 0.6) is 23.0 Å². The average Bonchev–Trinajstić information content (AvgIpc) is 2.84. The molecule has 5 aromatic carbocycles. The standard InChI is InChI=1S/2C10H8O2.C10H14.CH4/c2*11-9-3-1-7-2-4-10(12)6-8(7)5-9;1-3-9-5-7-10(4-2)8-6-9;/h2*1-6,11-12H;5-8H,3-4H2,1-2H3;1H4. The number of rotatable bonds is 2. The Morgan fingerprint density at radius 2 is 0.657 bits per heavy atom. The third kappa shape index (κ3) is 7.97. The number of hydrogen-bond donors (Lipinski definition) is 4. The first-order valence-electron chi connectivity index (χ1n) is 11.3. The molecule has 4 N–H and O–H groups in total. The van der Waals surface area contributed by atoms with Crippen molar-refractivity contribution in [2.75, 3.05) is 0 Å². The molecule has 0 aliphatic rings. The molecule has 4 nitrogen and oxygen atoms in total. The highest BCUT2D eigenvalue weighted by Crippen LogP contribution is 2.24. The van der Waals surface area contributed by atoms with E-state index in [1.165, 1.54) is 11.1 Å². The summed E-state index contributed by atoms with van der Waals surface area (Å²) in [6.07, 6.45) is 2.29. The third-order valence-corrected chi connectivity index (χ3v) is 5.45. The van der Waals surface area contributed by atoms with E-state index < -0.39 is 0 Å². The van der Waals surface area contributed by atoms with Crippen molar-refractivity contribution in [2.45, 2.75) is 34.1 Å². The first-order chi connectivity index (χ1) is 16.4. The summed E-state index contributed by atoms with van der Waals surface area (Å²) in [5.41, 5.74) is 2.86. The van der Waals surface area contributed by atoms with E-state index in [2.05, 4.69) is 38.1 Å². The largest absolute Gasteiger partial charge is 0.508 e. The fourth-order valence-corrected chi connectivity index (χ4v) is 3.45. The van der Waals surface area contributed by atoms with Crippen LogP contribution in [0.15, 0.2) is 97.1 Å². The smallest absolute Gasteiger partial charge is 0.116 e. The lowest BCUT2D eigenvalue weighted by molar-refractivity contribution is 0.473. The van der Waals surface area contributed by atoms with E-state index in [9.17, 15) is 0 Å². The second kappa shape index (κ2) is 12.9. The van der Waals surface area contributed by atoms with E-state index in [1.54, 1.807) is 48.5 Å². The Labute approximate surface area is 207 Å². The summed E-state index contributed by atoms with van der Waals surface area (Å²) in [6, 6.07) is 29.0. The molecular weight excluding hydrogens is 436 g/mol. The van der Waals surface area contributed by atoms with Crippen LogP contribution >= 0.6 is 0 Å². The van der Waals surface area contributed by atoms with Crippen molar-refractivity contribution in [3.63, 3.8) is 0 Å². The predicted octanol–water partition coefficient (Wildman–Crippen LogP) is 7.95. The molecule has 0 atom stereocenters. The topological polar surface area (TPSA) is 80.9 Å². The Kier molecular flexibility index (Phi) is 9.98. The minimum absolute atomic E-state index is 0. The van der Waals surface area contributed by atoms with Gasteiger partial charge in [0.15, 0.2) is 0 Å². The van der Waals surface area contributed by atoms with Crippen molar-refractivity contribution in [1.82, 2.24) is 0 Å². The molecule has 5 aromatic rings. The number of fused-ring (bicyclic) bond motifs is 2. The van der Waals surface area contributed by atoms with Crippen LogP contribution in [0.2, 0.25) is 0 Å². The molecule has 0 radical (unpaired) electrons. The van der Waals surface area contributed by atoms with Crippen LogP contribution in [0.25, 0.3) is 21.5 Å². The van der Waals surface area contributed by atoms with Crippen LogP contribution in [0.1, 0.15) is 32.4 Å². The first-order valence-corrected chi connectivity index (χ1v) is 11.3. The van der Waals surface area contributed by atoms with Crippen LogP contribution in [-0.4, -0.2) is 20.4 Å². The van der Waals surface area contributed by atoms with Gasteiger partial charge in [-0.25, -0.2) is 0 Å². The highest BCUT2D eigenvalue weighted by molar-refractivity contribution is 5.85. The molecule has 0 aliphatic carbocycles. The number of phenols is 4. The van der Waals surface area contributed by atoms with Gasteiger partial charge >= 0.3 is 0 Å². The fourth-order valence-electron chi connectivity index (χ4n) is 3.45. The van der Waals surface area contributed by atoms with Crippen LogP contribution in [0.3, 0.4) is 0 Å². The van der Waals surface area contributed by atoms with Crippen molar-refractivity contribution in [1.29, 1.82) is 0 Å². The van der Waals surface area contributed by atoms with Gasteiger partial charge in [0.2, 0.25) is 0 Å². The molecule has 0 aromatic heterocycles. The molecule has 0 spiro atoms. The van der Waals surface area contributed by atoms with Crippen LogP contribution in [0.4, 0.5) is 0 Å². The molecule has 0 aliphatic heterocycles. The van der Waals surface area contributed by atoms with Gasteiger partial charge in [-0.15, -0.1) is 0 Å². The van der Waals surface area contributed by atoms with Crippen LogP contribution in [0, 0.1) is 0 Å². The summed E-state index contributed by atoms with van der Waals surface area (Å²) in [5.74, 6) is 0.863. The van der Waals surface area contributed by atoms with Gasteiger partial charge in [0.05, 0.1) is 0 Å². The summed E-state index contributed by atoms with van der Waals surface area (Å²) in [5, 5.41) is 40.3. The van der Waals surface area contributed by atoms with Crippen molar-refractivity contribution < 1.29 is 20.4 Å². The molecule has 0 amide bonds. The maximum absolute atomic E-state index is 9.14. The Hall–Kier alpha value is -4.18. The predicted molar refractivity (Wildman–Crippen MR) is 146 cm³/mol. The Bertz CT molecular complexity index is 1180. The lowest BCUT2D eigenvalue weighted by Crippen LogP contribution is -1.81. The second-order valence-electron chi connectivity index (χ2n) is 7.96. The van der Waals surface area contributed by atoms with Crippen LogP contribution < -0.4 is 0 Å². The maximum Gasteiger partial charge on any atom is 0.116 e. The molecule has 0 saturated heterocycles. The Balaban J connectivity index is 0.000000184. The highest BCUT2D eigenvalue weighted by Gasteiger charge is 1.96. The normalized spacial score (nSPS) is 9.89. The van der Waals surface area contributed by atoms with Crippen molar-refractivity contribution in [3.05, 3.63) is 108 Å². The molecule has 4 heteroatoms. The number of aryl methyl sites for hydroxylation is 2. The number of aromatic hydroxyl groups is 4. The molecule has 0 heterocycles. The Morgan fingerprint density at radius 3 is 0.886 bits per heavy atom. The molecule has 0 fully saturated rings. The second-order valence-corrected chi connectivity index (χ2v) is 7.96. The van der Waals surface area contributed by atoms with Gasteiger partial charge in [-0.2, -0.15) is 0 Å². The summed E-state index contributed by atoms with van der Waals surface area (Å²) in [4.78, 5) is 0. The van der Waals surface area contributed by atoms with E-state index in [0.29, 0.717) is 0 Å². The average molecular weight is 471 g/mol. The zero-order valence-electron chi connectivity index (χ0n) is 19.4. The lowest BCUT2D eigenvalue weighted by atomic mass is 10.1. The third-order valence-electron chi connectivity index (χ3n) is 5.45. The minimum atomic E-state index is 0. The van der Waals surface area contributed by atoms with Gasteiger partial charge in [0.1, 0.15) is 23.0 Å². The van der Waals surface area contributed by atoms with Gasteiger partial charge in [0.25, 0.3) is 0 Å². The van der Waals surface area contributed by atoms with Gasteiger partial charge in [-0.05, 0) is 94.0 Å². The minimum Gasteiger partial charge on any atom is -0.508 e. The van der Waals surface area contributed by atoms with E-state index in [-0.39, 0.29) is 30.4 Å². The van der Waals surface area contributed by atoms with Crippen molar-refractivity contribution in [3.8, 4) is 23.0 Å². The zero-order valence-corrected chi connectivity index (χ0v) is 19.4. The monoisotopic (exact) mass is 470 g/mol. The summed E-state index contributed by atoms with van der Waals surface area (Å²) < 4.78 is 0. The fraction of sp³-hybridized carbons (Fsp3) is 0.161. The number of benzene rings is 5. The van der Waals surface area contributed by atoms with E-state index in [1.807, 2.05) is 24.3 Å².